The predicted molar refractivity (Wildman–Crippen MR) is 52.2 cm³/mol. The second-order valence-electron chi connectivity index (χ2n) is 3.88. The van der Waals surface area contributed by atoms with Gasteiger partial charge in [0.25, 0.3) is 0 Å². The Labute approximate surface area is 79.4 Å². The third kappa shape index (κ3) is 6.72. The molecule has 0 unspecified atom stereocenters. The fourth-order valence-corrected chi connectivity index (χ4v) is 1.49. The van der Waals surface area contributed by atoms with E-state index >= 15 is 0 Å². The fourth-order valence-electron chi connectivity index (χ4n) is 0.817. The summed E-state index contributed by atoms with van der Waals surface area (Å²) in [5.74, 6) is -0.0504. The molecule has 0 heterocycles. The topological polar surface area (TPSA) is 77.2 Å². The predicted octanol–water partition coefficient (Wildman–Crippen LogP) is 0.118. The average Bonchev–Trinajstić information content (AvgIpc) is 1.82. The van der Waals surface area contributed by atoms with Crippen LogP contribution in [0, 0.1) is 0 Å². The van der Waals surface area contributed by atoms with E-state index in [-0.39, 0.29) is 18.0 Å². The SMILES string of the molecule is CC(C)(N)C(=O)CCCS(C)(=O)=O. The van der Waals surface area contributed by atoms with Gasteiger partial charge < -0.3 is 5.73 Å². The molecule has 0 aromatic carbocycles. The summed E-state index contributed by atoms with van der Waals surface area (Å²) in [6, 6.07) is 0. The molecule has 0 fully saturated rings. The van der Waals surface area contributed by atoms with Crippen molar-refractivity contribution in [3.05, 3.63) is 0 Å². The van der Waals surface area contributed by atoms with Crippen LogP contribution < -0.4 is 5.73 Å². The van der Waals surface area contributed by atoms with Crippen LogP contribution in [0.3, 0.4) is 0 Å². The molecule has 4 nitrogen and oxygen atoms in total. The molecule has 78 valence electrons. The second-order valence-corrected chi connectivity index (χ2v) is 6.14. The van der Waals surface area contributed by atoms with E-state index in [1.165, 1.54) is 0 Å². The first-order valence-electron chi connectivity index (χ1n) is 4.13. The van der Waals surface area contributed by atoms with Gasteiger partial charge in [-0.2, -0.15) is 0 Å². The molecule has 0 saturated carbocycles. The number of hydrogen-bond acceptors (Lipinski definition) is 4. The Morgan fingerprint density at radius 2 is 1.85 bits per heavy atom. The number of sulfone groups is 1. The van der Waals surface area contributed by atoms with Crippen molar-refractivity contribution in [1.82, 2.24) is 0 Å². The Morgan fingerprint density at radius 1 is 1.38 bits per heavy atom. The van der Waals surface area contributed by atoms with Crippen molar-refractivity contribution < 1.29 is 13.2 Å². The number of nitrogens with two attached hydrogens (primary N) is 1. The van der Waals surface area contributed by atoms with Gasteiger partial charge in [-0.05, 0) is 20.3 Å². The highest BCUT2D eigenvalue weighted by Gasteiger charge is 2.21. The molecule has 13 heavy (non-hydrogen) atoms. The summed E-state index contributed by atoms with van der Waals surface area (Å²) in [4.78, 5) is 11.2. The summed E-state index contributed by atoms with van der Waals surface area (Å²) in [6.45, 7) is 3.24. The molecule has 0 rings (SSSR count). The number of carbonyl (C=O) groups is 1. The Balaban J connectivity index is 3.87. The largest absolute Gasteiger partial charge is 0.319 e. The van der Waals surface area contributed by atoms with E-state index < -0.39 is 15.4 Å². The molecule has 0 aliphatic rings. The highest BCUT2D eigenvalue weighted by atomic mass is 32.2. The lowest BCUT2D eigenvalue weighted by atomic mass is 9.97. The van der Waals surface area contributed by atoms with E-state index in [0.717, 1.165) is 6.26 Å². The van der Waals surface area contributed by atoms with Crippen LogP contribution in [0.1, 0.15) is 26.7 Å². The van der Waals surface area contributed by atoms with Crippen LogP contribution in [-0.4, -0.2) is 31.7 Å². The molecular weight excluding hydrogens is 190 g/mol. The summed E-state index contributed by atoms with van der Waals surface area (Å²) < 4.78 is 21.4. The quantitative estimate of drug-likeness (QED) is 0.694. The van der Waals surface area contributed by atoms with E-state index in [0.29, 0.717) is 6.42 Å². The molecule has 0 amide bonds. The normalized spacial score (nSPS) is 12.9. The van der Waals surface area contributed by atoms with Crippen LogP contribution in [0.2, 0.25) is 0 Å². The van der Waals surface area contributed by atoms with E-state index in [1.807, 2.05) is 0 Å². The van der Waals surface area contributed by atoms with Gasteiger partial charge in [0, 0.05) is 12.7 Å². The van der Waals surface area contributed by atoms with E-state index in [2.05, 4.69) is 0 Å². The zero-order valence-corrected chi connectivity index (χ0v) is 9.15. The zero-order valence-electron chi connectivity index (χ0n) is 8.33. The van der Waals surface area contributed by atoms with Gasteiger partial charge in [0.1, 0.15) is 9.84 Å². The minimum absolute atomic E-state index is 0.0504. The molecule has 0 bridgehead atoms. The first kappa shape index (κ1) is 12.6. The van der Waals surface area contributed by atoms with E-state index in [1.54, 1.807) is 13.8 Å². The van der Waals surface area contributed by atoms with Crippen LogP contribution in [0.5, 0.6) is 0 Å². The standard InChI is InChI=1S/C8H17NO3S/c1-8(2,9)7(10)5-4-6-13(3,11)12/h4-6,9H2,1-3H3. The Hall–Kier alpha value is -0.420. The molecular formula is C8H17NO3S. The highest BCUT2D eigenvalue weighted by Crippen LogP contribution is 2.05. The van der Waals surface area contributed by atoms with Gasteiger partial charge >= 0.3 is 0 Å². The maximum absolute atomic E-state index is 11.2. The first-order valence-corrected chi connectivity index (χ1v) is 6.19. The Kier molecular flexibility index (Phi) is 4.06. The molecule has 0 aliphatic heterocycles. The monoisotopic (exact) mass is 207 g/mol. The summed E-state index contributed by atoms with van der Waals surface area (Å²) >= 11 is 0. The minimum Gasteiger partial charge on any atom is -0.319 e. The number of ketones is 1. The van der Waals surface area contributed by atoms with Crippen molar-refractivity contribution in [3.63, 3.8) is 0 Å². The molecule has 0 atom stereocenters. The smallest absolute Gasteiger partial charge is 0.152 e. The van der Waals surface area contributed by atoms with Crippen molar-refractivity contribution in [2.45, 2.75) is 32.2 Å². The van der Waals surface area contributed by atoms with E-state index in [4.69, 9.17) is 5.73 Å². The van der Waals surface area contributed by atoms with Crippen molar-refractivity contribution in [2.75, 3.05) is 12.0 Å². The maximum Gasteiger partial charge on any atom is 0.152 e. The summed E-state index contributed by atoms with van der Waals surface area (Å²) in [6.07, 6.45) is 1.75. The third-order valence-corrected chi connectivity index (χ3v) is 2.67. The molecule has 0 radical (unpaired) electrons. The van der Waals surface area contributed by atoms with Gasteiger partial charge in [-0.1, -0.05) is 0 Å². The molecule has 0 aromatic rings. The van der Waals surface area contributed by atoms with Crippen LogP contribution in [-0.2, 0) is 14.6 Å². The lowest BCUT2D eigenvalue weighted by molar-refractivity contribution is -0.123. The molecule has 0 aliphatic carbocycles. The average molecular weight is 207 g/mol. The molecule has 5 heteroatoms. The van der Waals surface area contributed by atoms with Crippen LogP contribution >= 0.6 is 0 Å². The van der Waals surface area contributed by atoms with Crippen molar-refractivity contribution in [1.29, 1.82) is 0 Å². The van der Waals surface area contributed by atoms with Crippen LogP contribution in [0.25, 0.3) is 0 Å². The van der Waals surface area contributed by atoms with Crippen molar-refractivity contribution in [2.24, 2.45) is 5.73 Å². The van der Waals surface area contributed by atoms with Gasteiger partial charge in [-0.25, -0.2) is 8.42 Å². The van der Waals surface area contributed by atoms with Gasteiger partial charge in [0.05, 0.1) is 11.3 Å². The summed E-state index contributed by atoms with van der Waals surface area (Å²) in [5, 5.41) is 0. The third-order valence-electron chi connectivity index (χ3n) is 1.64. The van der Waals surface area contributed by atoms with Gasteiger partial charge in [-0.3, -0.25) is 4.79 Å². The van der Waals surface area contributed by atoms with Crippen molar-refractivity contribution >= 4 is 15.6 Å². The summed E-state index contributed by atoms with van der Waals surface area (Å²) in [5.41, 5.74) is 4.68. The number of rotatable bonds is 5. The Morgan fingerprint density at radius 3 is 2.15 bits per heavy atom. The fraction of sp³-hybridized carbons (Fsp3) is 0.875. The second kappa shape index (κ2) is 4.19. The zero-order chi connectivity index (χ0) is 10.7. The highest BCUT2D eigenvalue weighted by molar-refractivity contribution is 7.90. The molecule has 0 aromatic heterocycles. The van der Waals surface area contributed by atoms with Gasteiger partial charge in [0.2, 0.25) is 0 Å². The minimum atomic E-state index is -2.96. The van der Waals surface area contributed by atoms with E-state index in [9.17, 15) is 13.2 Å². The molecule has 2 N–H and O–H groups in total. The van der Waals surface area contributed by atoms with Crippen molar-refractivity contribution in [3.8, 4) is 0 Å². The lowest BCUT2D eigenvalue weighted by Gasteiger charge is -2.16. The van der Waals surface area contributed by atoms with Gasteiger partial charge in [0.15, 0.2) is 5.78 Å². The maximum atomic E-state index is 11.2. The molecule has 0 saturated heterocycles. The lowest BCUT2D eigenvalue weighted by Crippen LogP contribution is -2.41. The first-order chi connectivity index (χ1) is 5.63. The number of Topliss-reactive ketones (excluding diaryl/α,β-unsaturated/α-hetero) is 1. The van der Waals surface area contributed by atoms with Crippen LogP contribution in [0.4, 0.5) is 0 Å². The summed E-state index contributed by atoms with van der Waals surface area (Å²) in [7, 11) is -2.96. The number of hydrogen-bond donors (Lipinski definition) is 1. The molecule has 0 spiro atoms. The number of carbonyl (C=O) groups excluding carboxylic acids is 1. The van der Waals surface area contributed by atoms with Gasteiger partial charge in [-0.15, -0.1) is 0 Å². The Bertz CT molecular complexity index is 274. The van der Waals surface area contributed by atoms with Crippen LogP contribution in [0.15, 0.2) is 0 Å².